The second-order valence-electron chi connectivity index (χ2n) is 5.26. The first-order valence-corrected chi connectivity index (χ1v) is 7.94. The minimum absolute atomic E-state index is 0.0163. The van der Waals surface area contributed by atoms with Gasteiger partial charge in [-0.2, -0.15) is 0 Å². The highest BCUT2D eigenvalue weighted by atomic mass is 32.2. The van der Waals surface area contributed by atoms with Crippen molar-refractivity contribution in [3.63, 3.8) is 0 Å². The molecule has 1 fully saturated rings. The van der Waals surface area contributed by atoms with E-state index in [2.05, 4.69) is 4.72 Å². The van der Waals surface area contributed by atoms with Crippen LogP contribution in [0, 0.1) is 0 Å². The summed E-state index contributed by atoms with van der Waals surface area (Å²) in [5.74, 6) is 0. The molecule has 1 aromatic carbocycles. The Kier molecular flexibility index (Phi) is 2.92. The molecule has 0 aromatic heterocycles. The Bertz CT molecular complexity index is 568. The van der Waals surface area contributed by atoms with Gasteiger partial charge in [0.05, 0.1) is 4.90 Å². The van der Waals surface area contributed by atoms with Crippen LogP contribution in [0.3, 0.4) is 0 Å². The number of sulfonamides is 1. The Morgan fingerprint density at radius 1 is 1.17 bits per heavy atom. The SMILES string of the molecule is NC1CC1NS(=O)(=O)c1ccc2c(c1)CCCC2. The molecule has 0 amide bonds. The van der Waals surface area contributed by atoms with Gasteiger partial charge in [0.1, 0.15) is 0 Å². The van der Waals surface area contributed by atoms with Gasteiger partial charge in [-0.25, -0.2) is 13.1 Å². The first kappa shape index (κ1) is 12.1. The molecule has 5 heteroatoms. The first-order chi connectivity index (χ1) is 8.56. The summed E-state index contributed by atoms with van der Waals surface area (Å²) < 4.78 is 26.9. The molecule has 3 rings (SSSR count). The zero-order valence-electron chi connectivity index (χ0n) is 10.2. The number of fused-ring (bicyclic) bond motifs is 1. The molecular weight excluding hydrogens is 248 g/mol. The average molecular weight is 266 g/mol. The fourth-order valence-corrected chi connectivity index (χ4v) is 3.84. The molecule has 2 unspecified atom stereocenters. The topological polar surface area (TPSA) is 72.2 Å². The van der Waals surface area contributed by atoms with Gasteiger partial charge in [0, 0.05) is 12.1 Å². The third-order valence-electron chi connectivity index (χ3n) is 3.78. The van der Waals surface area contributed by atoms with Crippen LogP contribution in [-0.4, -0.2) is 20.5 Å². The summed E-state index contributed by atoms with van der Waals surface area (Å²) in [5, 5.41) is 0. The van der Waals surface area contributed by atoms with Crippen molar-refractivity contribution in [1.29, 1.82) is 0 Å². The molecule has 1 saturated carbocycles. The van der Waals surface area contributed by atoms with E-state index in [0.717, 1.165) is 25.7 Å². The maximum atomic E-state index is 12.1. The second-order valence-corrected chi connectivity index (χ2v) is 6.98. The summed E-state index contributed by atoms with van der Waals surface area (Å²) in [4.78, 5) is 0.377. The molecule has 2 aliphatic carbocycles. The van der Waals surface area contributed by atoms with E-state index in [1.807, 2.05) is 12.1 Å². The fraction of sp³-hybridized carbons (Fsp3) is 0.538. The van der Waals surface area contributed by atoms with Gasteiger partial charge in [-0.3, -0.25) is 0 Å². The molecule has 3 N–H and O–H groups in total. The number of nitrogens with one attached hydrogen (secondary N) is 1. The Morgan fingerprint density at radius 3 is 2.50 bits per heavy atom. The molecular formula is C13H18N2O2S. The van der Waals surface area contributed by atoms with Crippen LogP contribution in [0.2, 0.25) is 0 Å². The number of rotatable bonds is 3. The summed E-state index contributed by atoms with van der Waals surface area (Å²) in [6, 6.07) is 5.39. The van der Waals surface area contributed by atoms with E-state index in [4.69, 9.17) is 5.73 Å². The van der Waals surface area contributed by atoms with Crippen LogP contribution in [0.5, 0.6) is 0 Å². The molecule has 2 atom stereocenters. The van der Waals surface area contributed by atoms with Gasteiger partial charge in [0.25, 0.3) is 0 Å². The Labute approximate surface area is 108 Å². The van der Waals surface area contributed by atoms with Crippen LogP contribution >= 0.6 is 0 Å². The lowest BCUT2D eigenvalue weighted by atomic mass is 9.92. The zero-order valence-corrected chi connectivity index (χ0v) is 11.0. The second kappa shape index (κ2) is 4.33. The Balaban J connectivity index is 1.87. The molecule has 98 valence electrons. The lowest BCUT2D eigenvalue weighted by Crippen LogP contribution is -2.30. The van der Waals surface area contributed by atoms with Gasteiger partial charge in [0.15, 0.2) is 0 Å². The number of benzene rings is 1. The van der Waals surface area contributed by atoms with Crippen LogP contribution < -0.4 is 10.5 Å². The number of hydrogen-bond acceptors (Lipinski definition) is 3. The fourth-order valence-electron chi connectivity index (χ4n) is 2.49. The molecule has 2 aliphatic rings. The van der Waals surface area contributed by atoms with Gasteiger partial charge in [0.2, 0.25) is 10.0 Å². The Morgan fingerprint density at radius 2 is 1.83 bits per heavy atom. The molecule has 0 aliphatic heterocycles. The first-order valence-electron chi connectivity index (χ1n) is 6.46. The van der Waals surface area contributed by atoms with Crippen LogP contribution in [-0.2, 0) is 22.9 Å². The summed E-state index contributed by atoms with van der Waals surface area (Å²) in [6.07, 6.45) is 5.15. The van der Waals surface area contributed by atoms with Crippen LogP contribution in [0.4, 0.5) is 0 Å². The van der Waals surface area contributed by atoms with Crippen molar-refractivity contribution in [2.75, 3.05) is 0 Å². The predicted molar refractivity (Wildman–Crippen MR) is 69.8 cm³/mol. The van der Waals surface area contributed by atoms with E-state index < -0.39 is 10.0 Å². The quantitative estimate of drug-likeness (QED) is 0.855. The van der Waals surface area contributed by atoms with Gasteiger partial charge in [-0.05, 0) is 55.4 Å². The molecule has 0 heterocycles. The summed E-state index contributed by atoms with van der Waals surface area (Å²) in [5.41, 5.74) is 8.11. The van der Waals surface area contributed by atoms with Gasteiger partial charge >= 0.3 is 0 Å². The van der Waals surface area contributed by atoms with Gasteiger partial charge in [-0.15, -0.1) is 0 Å². The lowest BCUT2D eigenvalue weighted by Gasteiger charge is -2.16. The van der Waals surface area contributed by atoms with E-state index in [-0.39, 0.29) is 12.1 Å². The normalized spacial score (nSPS) is 26.7. The number of hydrogen-bond donors (Lipinski definition) is 2. The molecule has 0 saturated heterocycles. The highest BCUT2D eigenvalue weighted by Crippen LogP contribution is 2.26. The van der Waals surface area contributed by atoms with Crippen LogP contribution in [0.15, 0.2) is 23.1 Å². The standard InChI is InChI=1S/C13H18N2O2S/c14-12-8-13(12)15-18(16,17)11-6-5-9-3-1-2-4-10(9)7-11/h5-7,12-13,15H,1-4,8,14H2. The van der Waals surface area contributed by atoms with Gasteiger partial charge < -0.3 is 5.73 Å². The summed E-state index contributed by atoms with van der Waals surface area (Å²) >= 11 is 0. The smallest absolute Gasteiger partial charge is 0.240 e. The maximum Gasteiger partial charge on any atom is 0.240 e. The van der Waals surface area contributed by atoms with E-state index in [9.17, 15) is 8.42 Å². The third kappa shape index (κ3) is 2.30. The molecule has 0 bridgehead atoms. The van der Waals surface area contributed by atoms with Crippen molar-refractivity contribution in [2.45, 2.75) is 49.1 Å². The molecule has 18 heavy (non-hydrogen) atoms. The minimum Gasteiger partial charge on any atom is -0.326 e. The Hall–Kier alpha value is -0.910. The minimum atomic E-state index is -3.39. The maximum absolute atomic E-state index is 12.1. The van der Waals surface area contributed by atoms with E-state index in [1.165, 1.54) is 17.5 Å². The van der Waals surface area contributed by atoms with Crippen LogP contribution in [0.1, 0.15) is 30.4 Å². The predicted octanol–water partition coefficient (Wildman–Crippen LogP) is 0.943. The van der Waals surface area contributed by atoms with E-state index in [0.29, 0.717) is 4.90 Å². The molecule has 1 aromatic rings. The number of nitrogens with two attached hydrogens (primary N) is 1. The highest BCUT2D eigenvalue weighted by Gasteiger charge is 2.37. The van der Waals surface area contributed by atoms with Crippen molar-refractivity contribution in [1.82, 2.24) is 4.72 Å². The van der Waals surface area contributed by atoms with Crippen molar-refractivity contribution in [3.05, 3.63) is 29.3 Å². The van der Waals surface area contributed by atoms with Crippen LogP contribution in [0.25, 0.3) is 0 Å². The van der Waals surface area contributed by atoms with Gasteiger partial charge in [-0.1, -0.05) is 6.07 Å². The third-order valence-corrected chi connectivity index (χ3v) is 5.26. The molecule has 4 nitrogen and oxygen atoms in total. The summed E-state index contributed by atoms with van der Waals surface area (Å²) in [7, 11) is -3.39. The number of aryl methyl sites for hydroxylation is 2. The monoisotopic (exact) mass is 266 g/mol. The molecule has 0 spiro atoms. The van der Waals surface area contributed by atoms with Crippen molar-refractivity contribution < 1.29 is 8.42 Å². The highest BCUT2D eigenvalue weighted by molar-refractivity contribution is 7.89. The van der Waals surface area contributed by atoms with E-state index >= 15 is 0 Å². The van der Waals surface area contributed by atoms with E-state index in [1.54, 1.807) is 6.07 Å². The average Bonchev–Trinajstić information content (AvgIpc) is 3.03. The van der Waals surface area contributed by atoms with Crippen molar-refractivity contribution in [3.8, 4) is 0 Å². The lowest BCUT2D eigenvalue weighted by molar-refractivity contribution is 0.579. The zero-order chi connectivity index (χ0) is 12.8. The molecule has 0 radical (unpaired) electrons. The summed E-state index contributed by atoms with van der Waals surface area (Å²) in [6.45, 7) is 0. The van der Waals surface area contributed by atoms with Crippen molar-refractivity contribution >= 4 is 10.0 Å². The largest absolute Gasteiger partial charge is 0.326 e. The van der Waals surface area contributed by atoms with Crippen molar-refractivity contribution in [2.24, 2.45) is 5.73 Å².